The van der Waals surface area contributed by atoms with Gasteiger partial charge in [0.15, 0.2) is 4.34 Å². The van der Waals surface area contributed by atoms with Gasteiger partial charge in [-0.1, -0.05) is 41.3 Å². The first-order chi connectivity index (χ1) is 14.5. The number of rotatable bonds is 8. The molecular formula is C21H22N4O3S2. The molecule has 0 bridgehead atoms. The number of aryl methyl sites for hydroxylation is 1. The fourth-order valence-corrected chi connectivity index (χ4v) is 4.44. The molecule has 156 valence electrons. The largest absolute Gasteiger partial charge is 0.494 e. The Morgan fingerprint density at radius 1 is 1.10 bits per heavy atom. The van der Waals surface area contributed by atoms with Crippen LogP contribution in [0.15, 0.2) is 52.9 Å². The molecule has 0 aliphatic carbocycles. The van der Waals surface area contributed by atoms with Gasteiger partial charge in [0.05, 0.1) is 11.9 Å². The Morgan fingerprint density at radius 2 is 1.83 bits per heavy atom. The van der Waals surface area contributed by atoms with Crippen LogP contribution in [0.4, 0.5) is 10.8 Å². The lowest BCUT2D eigenvalue weighted by Crippen LogP contribution is -2.22. The number of aromatic nitrogens is 2. The van der Waals surface area contributed by atoms with Crippen molar-refractivity contribution < 1.29 is 14.3 Å². The van der Waals surface area contributed by atoms with Crippen molar-refractivity contribution >= 4 is 45.7 Å². The van der Waals surface area contributed by atoms with E-state index in [1.54, 1.807) is 25.1 Å². The number of carbonyl (C=O) groups excluding carboxylic acids is 2. The minimum atomic E-state index is -0.385. The predicted molar refractivity (Wildman–Crippen MR) is 121 cm³/mol. The molecule has 1 unspecified atom stereocenters. The molecule has 3 aromatic rings. The highest BCUT2D eigenvalue weighted by Crippen LogP contribution is 2.30. The van der Waals surface area contributed by atoms with Gasteiger partial charge in [-0.05, 0) is 56.7 Å². The Labute approximate surface area is 183 Å². The molecule has 2 N–H and O–H groups in total. The normalized spacial score (nSPS) is 11.6. The Hall–Kier alpha value is -2.91. The molecule has 9 heteroatoms. The molecule has 1 aromatic heterocycles. The van der Waals surface area contributed by atoms with Crippen molar-refractivity contribution in [1.82, 2.24) is 10.2 Å². The van der Waals surface area contributed by atoms with Gasteiger partial charge in [0.1, 0.15) is 5.75 Å². The van der Waals surface area contributed by atoms with Crippen molar-refractivity contribution in [3.8, 4) is 5.75 Å². The Kier molecular flexibility index (Phi) is 7.42. The van der Waals surface area contributed by atoms with Crippen LogP contribution < -0.4 is 15.4 Å². The van der Waals surface area contributed by atoms with Crippen molar-refractivity contribution in [2.75, 3.05) is 17.2 Å². The topological polar surface area (TPSA) is 93.2 Å². The number of carbonyl (C=O) groups is 2. The molecule has 3 rings (SSSR count). The smallest absolute Gasteiger partial charge is 0.257 e. The Morgan fingerprint density at radius 3 is 2.53 bits per heavy atom. The van der Waals surface area contributed by atoms with Gasteiger partial charge in [-0.3, -0.25) is 14.9 Å². The number of amides is 2. The van der Waals surface area contributed by atoms with Crippen molar-refractivity contribution in [2.24, 2.45) is 0 Å². The summed E-state index contributed by atoms with van der Waals surface area (Å²) in [6.45, 7) is 6.18. The van der Waals surface area contributed by atoms with Crippen LogP contribution in [-0.2, 0) is 4.79 Å². The third kappa shape index (κ3) is 5.80. The quantitative estimate of drug-likeness (QED) is 0.391. The van der Waals surface area contributed by atoms with Gasteiger partial charge in [-0.2, -0.15) is 0 Å². The van der Waals surface area contributed by atoms with Crippen LogP contribution in [0.25, 0.3) is 0 Å². The standard InChI is InChI=1S/C21H22N4O3S2/c1-4-28-16-11-9-15(10-12-16)22-18(26)14(3)29-21-25-24-20(30-21)23-19(27)17-8-6-5-7-13(17)2/h5-12,14H,4H2,1-3H3,(H,22,26)(H,23,24,27). The first-order valence-corrected chi connectivity index (χ1v) is 11.1. The second-order valence-corrected chi connectivity index (χ2v) is 8.91. The number of nitrogens with zero attached hydrogens (tertiary/aromatic N) is 2. The average Bonchev–Trinajstić information content (AvgIpc) is 3.16. The van der Waals surface area contributed by atoms with E-state index >= 15 is 0 Å². The second kappa shape index (κ2) is 10.2. The maximum atomic E-state index is 12.5. The number of hydrogen-bond donors (Lipinski definition) is 2. The zero-order valence-corrected chi connectivity index (χ0v) is 18.5. The molecule has 0 saturated carbocycles. The van der Waals surface area contributed by atoms with Crippen molar-refractivity contribution in [2.45, 2.75) is 30.4 Å². The van der Waals surface area contributed by atoms with Crippen LogP contribution in [0.2, 0.25) is 0 Å². The lowest BCUT2D eigenvalue weighted by Gasteiger charge is -2.11. The van der Waals surface area contributed by atoms with Crippen LogP contribution >= 0.6 is 23.1 Å². The monoisotopic (exact) mass is 442 g/mol. The van der Waals surface area contributed by atoms with E-state index in [0.717, 1.165) is 11.3 Å². The van der Waals surface area contributed by atoms with E-state index in [0.29, 0.717) is 27.3 Å². The molecule has 2 amide bonds. The third-order valence-electron chi connectivity index (χ3n) is 4.10. The number of nitrogens with one attached hydrogen (secondary N) is 2. The van der Waals surface area contributed by atoms with E-state index in [4.69, 9.17) is 4.74 Å². The summed E-state index contributed by atoms with van der Waals surface area (Å²) in [5.74, 6) is 0.374. The van der Waals surface area contributed by atoms with Gasteiger partial charge in [-0.25, -0.2) is 0 Å². The predicted octanol–water partition coefficient (Wildman–Crippen LogP) is 4.62. The average molecular weight is 443 g/mol. The molecule has 0 radical (unpaired) electrons. The molecule has 0 saturated heterocycles. The molecule has 0 spiro atoms. The van der Waals surface area contributed by atoms with E-state index in [1.165, 1.54) is 23.1 Å². The molecule has 7 nitrogen and oxygen atoms in total. The maximum absolute atomic E-state index is 12.5. The van der Waals surface area contributed by atoms with Crippen molar-refractivity contribution in [3.05, 3.63) is 59.7 Å². The maximum Gasteiger partial charge on any atom is 0.257 e. The SMILES string of the molecule is CCOc1ccc(NC(=O)C(C)Sc2nnc(NC(=O)c3ccccc3C)s2)cc1. The molecular weight excluding hydrogens is 420 g/mol. The van der Waals surface area contributed by atoms with Crippen LogP contribution in [0.1, 0.15) is 29.8 Å². The van der Waals surface area contributed by atoms with Gasteiger partial charge in [0.2, 0.25) is 11.0 Å². The highest BCUT2D eigenvalue weighted by molar-refractivity contribution is 8.02. The number of benzene rings is 2. The van der Waals surface area contributed by atoms with Gasteiger partial charge in [0.25, 0.3) is 5.91 Å². The molecule has 1 heterocycles. The Balaban J connectivity index is 1.55. The van der Waals surface area contributed by atoms with Crippen molar-refractivity contribution in [3.63, 3.8) is 0 Å². The van der Waals surface area contributed by atoms with Gasteiger partial charge in [-0.15, -0.1) is 10.2 Å². The zero-order chi connectivity index (χ0) is 21.5. The summed E-state index contributed by atoms with van der Waals surface area (Å²) >= 11 is 2.52. The number of hydrogen-bond acceptors (Lipinski definition) is 7. The third-order valence-corrected chi connectivity index (χ3v) is 6.12. The first-order valence-electron chi connectivity index (χ1n) is 9.37. The highest BCUT2D eigenvalue weighted by Gasteiger charge is 2.18. The summed E-state index contributed by atoms with van der Waals surface area (Å²) in [7, 11) is 0. The summed E-state index contributed by atoms with van der Waals surface area (Å²) in [5.41, 5.74) is 2.16. The molecule has 2 aromatic carbocycles. The highest BCUT2D eigenvalue weighted by atomic mass is 32.2. The van der Waals surface area contributed by atoms with Gasteiger partial charge >= 0.3 is 0 Å². The number of thioether (sulfide) groups is 1. The van der Waals surface area contributed by atoms with E-state index in [-0.39, 0.29) is 17.1 Å². The van der Waals surface area contributed by atoms with E-state index < -0.39 is 0 Å². The first kappa shape index (κ1) is 21.8. The zero-order valence-electron chi connectivity index (χ0n) is 16.8. The number of ether oxygens (including phenoxy) is 1. The van der Waals surface area contributed by atoms with Crippen LogP contribution in [0, 0.1) is 6.92 Å². The van der Waals surface area contributed by atoms with Crippen LogP contribution in [-0.4, -0.2) is 33.9 Å². The fourth-order valence-electron chi connectivity index (χ4n) is 2.55. The van der Waals surface area contributed by atoms with Gasteiger partial charge in [0, 0.05) is 11.3 Å². The lowest BCUT2D eigenvalue weighted by molar-refractivity contribution is -0.115. The summed E-state index contributed by atoms with van der Waals surface area (Å²) < 4.78 is 6.00. The summed E-state index contributed by atoms with van der Waals surface area (Å²) in [4.78, 5) is 24.8. The summed E-state index contributed by atoms with van der Waals surface area (Å²) in [6, 6.07) is 14.5. The molecule has 0 aliphatic rings. The lowest BCUT2D eigenvalue weighted by atomic mass is 10.1. The molecule has 30 heavy (non-hydrogen) atoms. The van der Waals surface area contributed by atoms with Crippen LogP contribution in [0.3, 0.4) is 0 Å². The fraction of sp³-hybridized carbons (Fsp3) is 0.238. The van der Waals surface area contributed by atoms with E-state index in [9.17, 15) is 9.59 Å². The minimum absolute atomic E-state index is 0.148. The Bertz CT molecular complexity index is 1020. The molecule has 0 aliphatic heterocycles. The number of anilines is 2. The van der Waals surface area contributed by atoms with Crippen LogP contribution in [0.5, 0.6) is 5.75 Å². The van der Waals surface area contributed by atoms with Gasteiger partial charge < -0.3 is 10.1 Å². The summed E-state index contributed by atoms with van der Waals surface area (Å²) in [6.07, 6.45) is 0. The van der Waals surface area contributed by atoms with E-state index in [1.807, 2.05) is 44.2 Å². The van der Waals surface area contributed by atoms with Crippen molar-refractivity contribution in [1.29, 1.82) is 0 Å². The molecule has 0 fully saturated rings. The second-order valence-electron chi connectivity index (χ2n) is 6.35. The summed E-state index contributed by atoms with van der Waals surface area (Å²) in [5, 5.41) is 13.7. The molecule has 1 atom stereocenters. The minimum Gasteiger partial charge on any atom is -0.494 e. The van der Waals surface area contributed by atoms with E-state index in [2.05, 4.69) is 20.8 Å².